The quantitative estimate of drug-likeness (QED) is 0.831. The van der Waals surface area contributed by atoms with Crippen molar-refractivity contribution in [1.29, 1.82) is 0 Å². The number of hydrogen-bond acceptors (Lipinski definition) is 5. The van der Waals surface area contributed by atoms with Crippen molar-refractivity contribution in [3.05, 3.63) is 39.1 Å². The van der Waals surface area contributed by atoms with E-state index in [9.17, 15) is 0 Å². The number of rotatable bonds is 6. The van der Waals surface area contributed by atoms with Crippen molar-refractivity contribution < 1.29 is 4.74 Å². The molecule has 0 fully saturated rings. The number of nitrogens with zero attached hydrogens (tertiary/aromatic N) is 2. The molecule has 0 bridgehead atoms. The van der Waals surface area contributed by atoms with Crippen molar-refractivity contribution in [3.63, 3.8) is 0 Å². The summed E-state index contributed by atoms with van der Waals surface area (Å²) in [6, 6.07) is 0. The first-order valence-electron chi connectivity index (χ1n) is 6.72. The van der Waals surface area contributed by atoms with Crippen LogP contribution < -0.4 is 10.1 Å². The Kier molecular flexibility index (Phi) is 5.09. The summed E-state index contributed by atoms with van der Waals surface area (Å²) in [6.45, 7) is 7.76. The average molecular weight is 291 g/mol. The maximum atomic E-state index is 5.42. The van der Waals surface area contributed by atoms with Gasteiger partial charge in [0.2, 0.25) is 0 Å². The average Bonchev–Trinajstić information content (AvgIpc) is 2.83. The Balaban J connectivity index is 1.88. The lowest BCUT2D eigenvalue weighted by molar-refractivity contribution is 0.406. The molecule has 0 spiro atoms. The molecular formula is C15H21N3OS. The third-order valence-corrected chi connectivity index (χ3v) is 4.09. The highest BCUT2D eigenvalue weighted by molar-refractivity contribution is 7.09. The Labute approximate surface area is 124 Å². The number of aryl methyl sites for hydroxylation is 2. The Hall–Kier alpha value is -1.46. The molecule has 0 radical (unpaired) electrons. The highest BCUT2D eigenvalue weighted by Gasteiger charge is 2.08. The zero-order valence-corrected chi connectivity index (χ0v) is 13.3. The summed E-state index contributed by atoms with van der Waals surface area (Å²) >= 11 is 1.70. The van der Waals surface area contributed by atoms with Crippen LogP contribution in [0.3, 0.4) is 0 Å². The van der Waals surface area contributed by atoms with Crippen molar-refractivity contribution in [1.82, 2.24) is 15.3 Å². The summed E-state index contributed by atoms with van der Waals surface area (Å²) < 4.78 is 5.42. The second-order valence-corrected chi connectivity index (χ2v) is 5.89. The van der Waals surface area contributed by atoms with Crippen molar-refractivity contribution in [2.24, 2.45) is 0 Å². The number of thiazole rings is 1. The summed E-state index contributed by atoms with van der Waals surface area (Å²) in [5, 5.41) is 6.66. The van der Waals surface area contributed by atoms with Gasteiger partial charge in [0.25, 0.3) is 0 Å². The van der Waals surface area contributed by atoms with Crippen LogP contribution in [0.15, 0.2) is 11.6 Å². The van der Waals surface area contributed by atoms with Gasteiger partial charge < -0.3 is 10.1 Å². The fourth-order valence-electron chi connectivity index (χ4n) is 2.20. The van der Waals surface area contributed by atoms with Gasteiger partial charge in [-0.05, 0) is 20.8 Å². The molecule has 0 saturated carbocycles. The number of ether oxygens (including phenoxy) is 1. The van der Waals surface area contributed by atoms with E-state index < -0.39 is 0 Å². The van der Waals surface area contributed by atoms with Crippen LogP contribution in [0.1, 0.15) is 27.5 Å². The minimum absolute atomic E-state index is 0.756. The van der Waals surface area contributed by atoms with Gasteiger partial charge >= 0.3 is 0 Å². The topological polar surface area (TPSA) is 47.0 Å². The molecular weight excluding hydrogens is 270 g/mol. The molecule has 0 atom stereocenters. The van der Waals surface area contributed by atoms with Crippen molar-refractivity contribution in [3.8, 4) is 5.75 Å². The second kappa shape index (κ2) is 6.81. The van der Waals surface area contributed by atoms with Crippen molar-refractivity contribution in [2.75, 3.05) is 13.7 Å². The minimum atomic E-state index is 0.756. The van der Waals surface area contributed by atoms with E-state index in [1.807, 2.05) is 20.0 Å². The third-order valence-electron chi connectivity index (χ3n) is 3.27. The molecule has 1 N–H and O–H groups in total. The summed E-state index contributed by atoms with van der Waals surface area (Å²) in [7, 11) is 1.71. The molecule has 20 heavy (non-hydrogen) atoms. The first kappa shape index (κ1) is 14.9. The van der Waals surface area contributed by atoms with Crippen LogP contribution in [0.2, 0.25) is 0 Å². The molecule has 0 aliphatic heterocycles. The minimum Gasteiger partial charge on any atom is -0.496 e. The van der Waals surface area contributed by atoms with Crippen LogP contribution in [-0.2, 0) is 13.0 Å². The first-order valence-corrected chi connectivity index (χ1v) is 7.60. The molecule has 2 rings (SSSR count). The SMILES string of the molecule is COc1c(C)cnc(CNCCc2csc(C)n2)c1C. The van der Waals surface area contributed by atoms with E-state index in [2.05, 4.69) is 27.6 Å². The summed E-state index contributed by atoms with van der Waals surface area (Å²) in [6.07, 6.45) is 2.82. The van der Waals surface area contributed by atoms with Crippen molar-refractivity contribution >= 4 is 11.3 Å². The lowest BCUT2D eigenvalue weighted by atomic mass is 10.1. The summed E-state index contributed by atoms with van der Waals surface area (Å²) in [4.78, 5) is 8.93. The van der Waals surface area contributed by atoms with Gasteiger partial charge in [0.15, 0.2) is 0 Å². The molecule has 2 heterocycles. The fraction of sp³-hybridized carbons (Fsp3) is 0.467. The molecule has 4 nitrogen and oxygen atoms in total. The zero-order chi connectivity index (χ0) is 14.5. The number of aromatic nitrogens is 2. The summed E-state index contributed by atoms with van der Waals surface area (Å²) in [5.74, 6) is 0.937. The zero-order valence-electron chi connectivity index (χ0n) is 12.5. The van der Waals surface area contributed by atoms with Gasteiger partial charge in [0, 0.05) is 42.2 Å². The number of nitrogens with one attached hydrogen (secondary N) is 1. The predicted molar refractivity (Wildman–Crippen MR) is 82.5 cm³/mol. The van der Waals surface area contributed by atoms with Gasteiger partial charge in [-0.3, -0.25) is 4.98 Å². The Bertz CT molecular complexity index is 580. The van der Waals surface area contributed by atoms with Gasteiger partial charge in [-0.15, -0.1) is 11.3 Å². The van der Waals surface area contributed by atoms with Crippen LogP contribution >= 0.6 is 11.3 Å². The smallest absolute Gasteiger partial charge is 0.128 e. The van der Waals surface area contributed by atoms with Crippen LogP contribution in [0.25, 0.3) is 0 Å². The predicted octanol–water partition coefficient (Wildman–Crippen LogP) is 2.80. The van der Waals surface area contributed by atoms with Gasteiger partial charge in [-0.25, -0.2) is 4.98 Å². The molecule has 0 amide bonds. The molecule has 0 aliphatic carbocycles. The Morgan fingerprint density at radius 3 is 2.75 bits per heavy atom. The maximum Gasteiger partial charge on any atom is 0.128 e. The monoisotopic (exact) mass is 291 g/mol. The van der Waals surface area contributed by atoms with Gasteiger partial charge in [0.05, 0.1) is 23.5 Å². The van der Waals surface area contributed by atoms with E-state index in [0.717, 1.165) is 52.8 Å². The number of hydrogen-bond donors (Lipinski definition) is 1. The van der Waals surface area contributed by atoms with Gasteiger partial charge in [0.1, 0.15) is 5.75 Å². The van der Waals surface area contributed by atoms with Crippen LogP contribution in [0.5, 0.6) is 5.75 Å². The number of pyridine rings is 1. The van der Waals surface area contributed by atoms with Gasteiger partial charge in [-0.2, -0.15) is 0 Å². The first-order chi connectivity index (χ1) is 9.61. The van der Waals surface area contributed by atoms with Crippen molar-refractivity contribution in [2.45, 2.75) is 33.7 Å². The van der Waals surface area contributed by atoms with E-state index >= 15 is 0 Å². The van der Waals surface area contributed by atoms with E-state index in [1.54, 1.807) is 18.4 Å². The van der Waals surface area contributed by atoms with E-state index in [0.29, 0.717) is 0 Å². The second-order valence-electron chi connectivity index (χ2n) is 4.83. The Morgan fingerprint density at radius 1 is 1.30 bits per heavy atom. The largest absolute Gasteiger partial charge is 0.496 e. The molecule has 108 valence electrons. The van der Waals surface area contributed by atoms with E-state index in [-0.39, 0.29) is 0 Å². The molecule has 0 saturated heterocycles. The van der Waals surface area contributed by atoms with E-state index in [4.69, 9.17) is 4.74 Å². The lowest BCUT2D eigenvalue weighted by Crippen LogP contribution is -2.18. The van der Waals surface area contributed by atoms with Crippen LogP contribution in [0.4, 0.5) is 0 Å². The molecule has 0 aliphatic rings. The standard InChI is InChI=1S/C15H21N3OS/c1-10-7-17-14(11(2)15(10)19-4)8-16-6-5-13-9-20-12(3)18-13/h7,9,16H,5-6,8H2,1-4H3. The third kappa shape index (κ3) is 3.55. The molecule has 2 aromatic heterocycles. The fourth-order valence-corrected chi connectivity index (χ4v) is 2.84. The summed E-state index contributed by atoms with van der Waals surface area (Å²) in [5.41, 5.74) is 4.39. The molecule has 0 aromatic carbocycles. The maximum absolute atomic E-state index is 5.42. The van der Waals surface area contributed by atoms with Crippen LogP contribution in [-0.4, -0.2) is 23.6 Å². The lowest BCUT2D eigenvalue weighted by Gasteiger charge is -2.12. The van der Waals surface area contributed by atoms with E-state index in [1.165, 1.54) is 0 Å². The van der Waals surface area contributed by atoms with Crippen LogP contribution in [0, 0.1) is 20.8 Å². The van der Waals surface area contributed by atoms with Gasteiger partial charge in [-0.1, -0.05) is 0 Å². The normalized spacial score (nSPS) is 10.8. The number of methoxy groups -OCH3 is 1. The molecule has 0 unspecified atom stereocenters. The highest BCUT2D eigenvalue weighted by atomic mass is 32.1. The highest BCUT2D eigenvalue weighted by Crippen LogP contribution is 2.23. The molecule has 2 aromatic rings. The Morgan fingerprint density at radius 2 is 2.10 bits per heavy atom. The molecule has 5 heteroatoms.